The van der Waals surface area contributed by atoms with Crippen molar-refractivity contribution in [1.29, 1.82) is 0 Å². The molecule has 0 spiro atoms. The fourth-order valence-corrected chi connectivity index (χ4v) is 4.32. The van der Waals surface area contributed by atoms with Crippen LogP contribution in [0.3, 0.4) is 0 Å². The van der Waals surface area contributed by atoms with Crippen LogP contribution in [0.5, 0.6) is 5.75 Å². The normalized spacial score (nSPS) is 22.1. The fourth-order valence-electron chi connectivity index (χ4n) is 3.10. The number of carboxylic acids is 1. The first-order valence-electron chi connectivity index (χ1n) is 7.85. The van der Waals surface area contributed by atoms with Gasteiger partial charge in [-0.25, -0.2) is 4.79 Å². The van der Waals surface area contributed by atoms with Crippen LogP contribution in [0.2, 0.25) is 5.02 Å². The standard InChI is InChI=1S/C18H13ClN2O4S/c1-21(18-20-11-8-10(19)6-7-15(11)26-18)12-4-2-3-5-13(12)25-14(17(21)24)9-16(22)23/h2-8,14H,9H2,1H3/p+1. The Morgan fingerprint density at radius 3 is 2.88 bits per heavy atom. The molecule has 4 rings (SSSR count). The van der Waals surface area contributed by atoms with E-state index in [4.69, 9.17) is 21.4 Å². The molecule has 0 fully saturated rings. The van der Waals surface area contributed by atoms with Crippen molar-refractivity contribution in [2.75, 3.05) is 7.05 Å². The zero-order valence-electron chi connectivity index (χ0n) is 13.7. The number of ether oxygens (including phenoxy) is 1. The molecule has 2 unspecified atom stereocenters. The highest BCUT2D eigenvalue weighted by Crippen LogP contribution is 2.46. The summed E-state index contributed by atoms with van der Waals surface area (Å²) in [6.45, 7) is 0. The lowest BCUT2D eigenvalue weighted by molar-refractivity contribution is -0.146. The molecule has 6 nitrogen and oxygen atoms in total. The zero-order valence-corrected chi connectivity index (χ0v) is 15.3. The molecule has 0 radical (unpaired) electrons. The summed E-state index contributed by atoms with van der Waals surface area (Å²) in [6, 6.07) is 12.5. The van der Waals surface area contributed by atoms with Gasteiger partial charge in [0, 0.05) is 11.1 Å². The summed E-state index contributed by atoms with van der Waals surface area (Å²) >= 11 is 7.42. The number of thiazole rings is 1. The number of carbonyl (C=O) groups is 2. The summed E-state index contributed by atoms with van der Waals surface area (Å²) in [5.41, 5.74) is 1.33. The van der Waals surface area contributed by atoms with Gasteiger partial charge in [-0.3, -0.25) is 4.79 Å². The van der Waals surface area contributed by atoms with E-state index in [1.807, 2.05) is 12.1 Å². The number of halogens is 1. The second-order valence-corrected chi connectivity index (χ2v) is 7.57. The molecular weight excluding hydrogens is 376 g/mol. The first-order valence-corrected chi connectivity index (χ1v) is 9.04. The van der Waals surface area contributed by atoms with Crippen LogP contribution in [-0.4, -0.2) is 35.1 Å². The Kier molecular flexibility index (Phi) is 3.95. The highest BCUT2D eigenvalue weighted by atomic mass is 35.5. The number of fused-ring (bicyclic) bond motifs is 2. The van der Waals surface area contributed by atoms with Crippen LogP contribution < -0.4 is 9.22 Å². The molecular formula is C18H14ClN2O4S+. The van der Waals surface area contributed by atoms with Gasteiger partial charge in [0.05, 0.1) is 23.7 Å². The molecule has 2 aromatic carbocycles. The number of rotatable bonds is 3. The van der Waals surface area contributed by atoms with Crippen molar-refractivity contribution in [2.45, 2.75) is 12.5 Å². The molecule has 1 amide bonds. The minimum atomic E-state index is -1.09. The molecule has 2 heterocycles. The number of carboxylic acid groups (broad SMARTS) is 1. The van der Waals surface area contributed by atoms with Gasteiger partial charge < -0.3 is 9.84 Å². The number of hydrogen-bond acceptors (Lipinski definition) is 5. The van der Waals surface area contributed by atoms with Gasteiger partial charge in [0.15, 0.2) is 11.4 Å². The van der Waals surface area contributed by atoms with E-state index in [1.165, 1.54) is 11.3 Å². The molecule has 0 bridgehead atoms. The van der Waals surface area contributed by atoms with Gasteiger partial charge in [0.2, 0.25) is 6.10 Å². The Bertz CT molecular complexity index is 1050. The number of aromatic nitrogens is 1. The molecule has 1 aromatic heterocycles. The summed E-state index contributed by atoms with van der Waals surface area (Å²) in [4.78, 5) is 29.0. The number of hydrogen-bond donors (Lipinski definition) is 1. The van der Waals surface area contributed by atoms with E-state index in [-0.39, 0.29) is 10.4 Å². The van der Waals surface area contributed by atoms with Crippen LogP contribution in [0, 0.1) is 0 Å². The molecule has 2 atom stereocenters. The molecule has 8 heteroatoms. The van der Waals surface area contributed by atoms with Crippen molar-refractivity contribution in [1.82, 2.24) is 9.47 Å². The van der Waals surface area contributed by atoms with Crippen molar-refractivity contribution < 1.29 is 19.4 Å². The number of benzene rings is 2. The maximum absolute atomic E-state index is 13.2. The quantitative estimate of drug-likeness (QED) is 0.685. The molecule has 0 saturated heterocycles. The number of para-hydroxylation sites is 2. The van der Waals surface area contributed by atoms with Crippen molar-refractivity contribution in [3.63, 3.8) is 0 Å². The second-order valence-electron chi connectivity index (χ2n) is 6.13. The predicted molar refractivity (Wildman–Crippen MR) is 100 cm³/mol. The summed E-state index contributed by atoms with van der Waals surface area (Å²) in [5.74, 6) is -0.972. The molecule has 3 aromatic rings. The lowest BCUT2D eigenvalue weighted by Crippen LogP contribution is -2.56. The van der Waals surface area contributed by atoms with Gasteiger partial charge >= 0.3 is 11.9 Å². The Hall–Kier alpha value is -2.48. The number of likely N-dealkylation sites (N-methyl/N-ethyl adjacent to an activating group) is 1. The van der Waals surface area contributed by atoms with Crippen molar-refractivity contribution in [2.24, 2.45) is 0 Å². The fraction of sp³-hybridized carbons (Fsp3) is 0.167. The molecule has 1 N–H and O–H groups in total. The van der Waals surface area contributed by atoms with E-state index < -0.39 is 18.5 Å². The molecule has 1 aliphatic rings. The summed E-state index contributed by atoms with van der Waals surface area (Å²) in [7, 11) is 1.72. The minimum absolute atomic E-state index is 0.245. The molecule has 26 heavy (non-hydrogen) atoms. The first kappa shape index (κ1) is 17.0. The summed E-state index contributed by atoms with van der Waals surface area (Å²) in [6.07, 6.45) is -1.49. The number of amides is 1. The Morgan fingerprint density at radius 1 is 1.35 bits per heavy atom. The highest BCUT2D eigenvalue weighted by molar-refractivity contribution is 7.22. The van der Waals surface area contributed by atoms with Gasteiger partial charge in [-0.2, -0.15) is 9.47 Å². The number of aliphatic carboxylic acids is 1. The molecule has 132 valence electrons. The van der Waals surface area contributed by atoms with Gasteiger partial charge in [-0.1, -0.05) is 35.1 Å². The monoisotopic (exact) mass is 389 g/mol. The Balaban J connectivity index is 1.92. The van der Waals surface area contributed by atoms with E-state index in [0.29, 0.717) is 27.1 Å². The van der Waals surface area contributed by atoms with Gasteiger partial charge in [-0.05, 0) is 24.3 Å². The third-order valence-corrected chi connectivity index (χ3v) is 5.85. The Morgan fingerprint density at radius 2 is 2.12 bits per heavy atom. The topological polar surface area (TPSA) is 76.5 Å². The SMILES string of the molecule is C[N+]1(c2nc3cc(Cl)ccc3s2)C(=O)C(CC(=O)O)Oc2ccccc21. The largest absolute Gasteiger partial charge is 0.481 e. The minimum Gasteiger partial charge on any atom is -0.481 e. The summed E-state index contributed by atoms with van der Waals surface area (Å²) in [5, 5.41) is 10.3. The molecule has 1 aliphatic heterocycles. The zero-order chi connectivity index (χ0) is 18.5. The van der Waals surface area contributed by atoms with E-state index in [1.54, 1.807) is 37.4 Å². The maximum Gasteiger partial charge on any atom is 0.367 e. The molecule has 0 saturated carbocycles. The average molecular weight is 390 g/mol. The van der Waals surface area contributed by atoms with Crippen LogP contribution >= 0.6 is 22.9 Å². The van der Waals surface area contributed by atoms with Crippen LogP contribution in [0.15, 0.2) is 42.5 Å². The van der Waals surface area contributed by atoms with Gasteiger partial charge in [-0.15, -0.1) is 0 Å². The number of nitrogens with zero attached hydrogens (tertiary/aromatic N) is 2. The first-order chi connectivity index (χ1) is 12.4. The highest BCUT2D eigenvalue weighted by Gasteiger charge is 2.51. The number of quaternary nitrogens is 1. The Labute approximate surface area is 157 Å². The lowest BCUT2D eigenvalue weighted by atomic mass is 10.1. The molecule has 0 aliphatic carbocycles. The average Bonchev–Trinajstić information content (AvgIpc) is 3.02. The van der Waals surface area contributed by atoms with Crippen LogP contribution in [-0.2, 0) is 9.59 Å². The van der Waals surface area contributed by atoms with Crippen LogP contribution in [0.1, 0.15) is 6.42 Å². The third-order valence-electron chi connectivity index (χ3n) is 4.41. The van der Waals surface area contributed by atoms with E-state index >= 15 is 0 Å². The van der Waals surface area contributed by atoms with Crippen molar-refractivity contribution >= 4 is 55.8 Å². The van der Waals surface area contributed by atoms with E-state index in [9.17, 15) is 9.59 Å². The maximum atomic E-state index is 13.2. The van der Waals surface area contributed by atoms with Gasteiger partial charge in [0.25, 0.3) is 5.13 Å². The predicted octanol–water partition coefficient (Wildman–Crippen LogP) is 3.98. The number of carbonyl (C=O) groups excluding carboxylic acids is 1. The van der Waals surface area contributed by atoms with Crippen LogP contribution in [0.25, 0.3) is 10.2 Å². The summed E-state index contributed by atoms with van der Waals surface area (Å²) < 4.78 is 6.33. The second kappa shape index (κ2) is 6.05. The van der Waals surface area contributed by atoms with Crippen molar-refractivity contribution in [3.8, 4) is 5.75 Å². The smallest absolute Gasteiger partial charge is 0.367 e. The van der Waals surface area contributed by atoms with E-state index in [0.717, 1.165) is 4.70 Å². The third kappa shape index (κ3) is 2.56. The van der Waals surface area contributed by atoms with Crippen LogP contribution in [0.4, 0.5) is 10.8 Å². The van der Waals surface area contributed by atoms with Gasteiger partial charge in [0.1, 0.15) is 0 Å². The lowest BCUT2D eigenvalue weighted by Gasteiger charge is -2.36. The van der Waals surface area contributed by atoms with Crippen molar-refractivity contribution in [3.05, 3.63) is 47.5 Å². The van der Waals surface area contributed by atoms with E-state index in [2.05, 4.69) is 4.98 Å².